The molecule has 1 aromatic carbocycles. The molecule has 1 amide bonds. The number of benzene rings is 1. The maximum Gasteiger partial charge on any atom is 0.273 e. The molecule has 0 radical (unpaired) electrons. The molecule has 2 N–H and O–H groups in total. The van der Waals surface area contributed by atoms with Gasteiger partial charge in [0.15, 0.2) is 0 Å². The molecular formula is C21H24N6O2. The number of carbonyl (C=O) groups excluding carboxylic acids is 1. The number of aromatic nitrogens is 3. The minimum atomic E-state index is -0.0314. The quantitative estimate of drug-likeness (QED) is 0.710. The van der Waals surface area contributed by atoms with Gasteiger partial charge < -0.3 is 24.8 Å². The van der Waals surface area contributed by atoms with Crippen molar-refractivity contribution in [2.24, 2.45) is 0 Å². The number of anilines is 3. The number of rotatable bonds is 4. The molecule has 0 saturated carbocycles. The van der Waals surface area contributed by atoms with E-state index in [1.807, 2.05) is 43.1 Å². The lowest BCUT2D eigenvalue weighted by molar-refractivity contribution is 0.0726. The zero-order chi connectivity index (χ0) is 20.0. The van der Waals surface area contributed by atoms with Crippen LogP contribution < -0.4 is 10.2 Å². The minimum absolute atomic E-state index is 0.0314. The maximum absolute atomic E-state index is 13.0. The molecule has 8 heteroatoms. The van der Waals surface area contributed by atoms with Crippen LogP contribution in [-0.4, -0.2) is 58.1 Å². The number of morpholine rings is 1. The van der Waals surface area contributed by atoms with Crippen molar-refractivity contribution in [1.29, 1.82) is 0 Å². The summed E-state index contributed by atoms with van der Waals surface area (Å²) in [7, 11) is 0. The lowest BCUT2D eigenvalue weighted by Crippen LogP contribution is -2.37. The van der Waals surface area contributed by atoms with Gasteiger partial charge in [0.25, 0.3) is 5.91 Å². The molecule has 1 saturated heterocycles. The van der Waals surface area contributed by atoms with Gasteiger partial charge in [0.05, 0.1) is 19.8 Å². The van der Waals surface area contributed by atoms with Crippen LogP contribution in [0.15, 0.2) is 30.5 Å². The van der Waals surface area contributed by atoms with Gasteiger partial charge in [0, 0.05) is 47.5 Å². The third kappa shape index (κ3) is 3.19. The van der Waals surface area contributed by atoms with Gasteiger partial charge in [-0.25, -0.2) is 4.98 Å². The van der Waals surface area contributed by atoms with Crippen LogP contribution in [0.25, 0.3) is 10.9 Å². The number of nitrogens with one attached hydrogen (secondary N) is 2. The number of hydrogen-bond acceptors (Lipinski definition) is 6. The number of aromatic amines is 1. The average molecular weight is 392 g/mol. The molecule has 0 bridgehead atoms. The zero-order valence-corrected chi connectivity index (χ0v) is 16.6. The van der Waals surface area contributed by atoms with Gasteiger partial charge in [-0.1, -0.05) is 0 Å². The van der Waals surface area contributed by atoms with E-state index in [1.165, 1.54) is 0 Å². The number of fused-ring (bicyclic) bond motifs is 2. The van der Waals surface area contributed by atoms with E-state index in [0.29, 0.717) is 37.2 Å². The van der Waals surface area contributed by atoms with Gasteiger partial charge in [-0.15, -0.1) is 0 Å². The fourth-order valence-electron chi connectivity index (χ4n) is 3.87. The summed E-state index contributed by atoms with van der Waals surface area (Å²) in [6.45, 7) is 7.27. The maximum atomic E-state index is 13.0. The molecule has 3 aromatic rings. The highest BCUT2D eigenvalue weighted by Gasteiger charge is 2.35. The van der Waals surface area contributed by atoms with Gasteiger partial charge in [-0.05, 0) is 38.1 Å². The van der Waals surface area contributed by atoms with E-state index in [1.54, 1.807) is 0 Å². The van der Waals surface area contributed by atoms with E-state index >= 15 is 0 Å². The van der Waals surface area contributed by atoms with Crippen LogP contribution in [0.4, 0.5) is 17.5 Å². The molecule has 4 heterocycles. The third-order valence-corrected chi connectivity index (χ3v) is 5.52. The van der Waals surface area contributed by atoms with E-state index in [4.69, 9.17) is 9.72 Å². The predicted molar refractivity (Wildman–Crippen MR) is 112 cm³/mol. The average Bonchev–Trinajstić information content (AvgIpc) is 3.33. The van der Waals surface area contributed by atoms with E-state index < -0.39 is 0 Å². The molecule has 2 aromatic heterocycles. The Morgan fingerprint density at radius 1 is 1.17 bits per heavy atom. The van der Waals surface area contributed by atoms with Crippen molar-refractivity contribution in [2.45, 2.75) is 26.4 Å². The Labute approximate surface area is 168 Å². The Morgan fingerprint density at radius 3 is 2.79 bits per heavy atom. The minimum Gasteiger partial charge on any atom is -0.378 e. The van der Waals surface area contributed by atoms with Crippen molar-refractivity contribution >= 4 is 34.3 Å². The second kappa shape index (κ2) is 7.04. The number of amides is 1. The summed E-state index contributed by atoms with van der Waals surface area (Å²) < 4.78 is 5.45. The van der Waals surface area contributed by atoms with Gasteiger partial charge in [0.1, 0.15) is 11.5 Å². The second-order valence-electron chi connectivity index (χ2n) is 7.73. The van der Waals surface area contributed by atoms with E-state index in [2.05, 4.69) is 26.3 Å². The molecule has 5 rings (SSSR count). The molecule has 29 heavy (non-hydrogen) atoms. The highest BCUT2D eigenvalue weighted by atomic mass is 16.5. The van der Waals surface area contributed by atoms with Crippen LogP contribution in [0.2, 0.25) is 0 Å². The number of carbonyl (C=O) groups is 1. The summed E-state index contributed by atoms with van der Waals surface area (Å²) in [5.74, 6) is 1.25. The molecule has 2 aliphatic rings. The zero-order valence-electron chi connectivity index (χ0n) is 16.6. The molecule has 2 aliphatic heterocycles. The van der Waals surface area contributed by atoms with Crippen LogP contribution in [0.3, 0.4) is 0 Å². The van der Waals surface area contributed by atoms with Crippen molar-refractivity contribution in [1.82, 2.24) is 19.9 Å². The van der Waals surface area contributed by atoms with Gasteiger partial charge in [0.2, 0.25) is 5.95 Å². The monoisotopic (exact) mass is 392 g/mol. The van der Waals surface area contributed by atoms with E-state index in [9.17, 15) is 4.79 Å². The van der Waals surface area contributed by atoms with Crippen LogP contribution in [-0.2, 0) is 11.3 Å². The van der Waals surface area contributed by atoms with Crippen LogP contribution in [0.1, 0.15) is 29.9 Å². The first-order valence-electron chi connectivity index (χ1n) is 9.99. The second-order valence-corrected chi connectivity index (χ2v) is 7.73. The first-order chi connectivity index (χ1) is 14.1. The smallest absolute Gasteiger partial charge is 0.273 e. The first kappa shape index (κ1) is 17.9. The highest BCUT2D eigenvalue weighted by molar-refractivity contribution is 5.98. The first-order valence-corrected chi connectivity index (χ1v) is 9.99. The van der Waals surface area contributed by atoms with Crippen molar-refractivity contribution in [3.63, 3.8) is 0 Å². The fraction of sp³-hybridized carbons (Fsp3) is 0.381. The van der Waals surface area contributed by atoms with Gasteiger partial charge >= 0.3 is 0 Å². The summed E-state index contributed by atoms with van der Waals surface area (Å²) in [5.41, 5.74) is 3.37. The summed E-state index contributed by atoms with van der Waals surface area (Å²) in [6, 6.07) is 8.26. The topological polar surface area (TPSA) is 86.4 Å². The van der Waals surface area contributed by atoms with E-state index in [0.717, 1.165) is 35.2 Å². The number of hydrogen-bond donors (Lipinski definition) is 2. The molecule has 0 atom stereocenters. The third-order valence-electron chi connectivity index (χ3n) is 5.52. The predicted octanol–water partition coefficient (Wildman–Crippen LogP) is 2.90. The molecule has 0 aliphatic carbocycles. The van der Waals surface area contributed by atoms with Crippen molar-refractivity contribution < 1.29 is 9.53 Å². The summed E-state index contributed by atoms with van der Waals surface area (Å²) >= 11 is 0. The molecule has 0 unspecified atom stereocenters. The van der Waals surface area contributed by atoms with Crippen molar-refractivity contribution in [3.05, 3.63) is 41.7 Å². The van der Waals surface area contributed by atoms with Gasteiger partial charge in [-0.3, -0.25) is 4.79 Å². The number of H-pyrrole nitrogens is 1. The molecule has 1 fully saturated rings. The van der Waals surface area contributed by atoms with E-state index in [-0.39, 0.29) is 11.9 Å². The Kier molecular flexibility index (Phi) is 4.35. The lowest BCUT2D eigenvalue weighted by atomic mass is 10.2. The lowest BCUT2D eigenvalue weighted by Gasteiger charge is -2.27. The van der Waals surface area contributed by atoms with Crippen LogP contribution in [0.5, 0.6) is 0 Å². The molecule has 150 valence electrons. The Morgan fingerprint density at radius 2 is 2.00 bits per heavy atom. The standard InChI is InChI=1S/C21H24N6O2/c1-13(2)27-12-16-18(20(27)28)24-21(26-7-9-29-10-8-26)25-19(16)23-15-3-4-17-14(11-15)5-6-22-17/h3-6,11,13,22H,7-10,12H2,1-2H3,(H,23,24,25). The normalized spacial score (nSPS) is 16.7. The summed E-state index contributed by atoms with van der Waals surface area (Å²) in [4.78, 5) is 29.6. The Hall–Kier alpha value is -3.13. The Balaban J connectivity index is 1.56. The summed E-state index contributed by atoms with van der Waals surface area (Å²) in [6.07, 6.45) is 1.92. The SMILES string of the molecule is CC(C)N1Cc2c(Nc3ccc4[nH]ccc4c3)nc(N3CCOCC3)nc2C1=O. The van der Waals surface area contributed by atoms with Crippen LogP contribution in [0, 0.1) is 0 Å². The largest absolute Gasteiger partial charge is 0.378 e. The molecule has 0 spiro atoms. The molecular weight excluding hydrogens is 368 g/mol. The van der Waals surface area contributed by atoms with Crippen molar-refractivity contribution in [2.75, 3.05) is 36.5 Å². The van der Waals surface area contributed by atoms with Crippen LogP contribution >= 0.6 is 0 Å². The summed E-state index contributed by atoms with van der Waals surface area (Å²) in [5, 5.41) is 4.56. The fourth-order valence-corrected chi connectivity index (χ4v) is 3.87. The number of nitrogens with zero attached hydrogens (tertiary/aromatic N) is 4. The van der Waals surface area contributed by atoms with Gasteiger partial charge in [-0.2, -0.15) is 4.98 Å². The number of ether oxygens (including phenoxy) is 1. The van der Waals surface area contributed by atoms with Crippen molar-refractivity contribution in [3.8, 4) is 0 Å². The highest BCUT2D eigenvalue weighted by Crippen LogP contribution is 2.32. The molecule has 8 nitrogen and oxygen atoms in total. The Bertz CT molecular complexity index is 1070.